The Balaban J connectivity index is 2.23. The molecule has 9 heteroatoms. The van der Waals surface area contributed by atoms with E-state index in [9.17, 15) is 14.9 Å². The Bertz CT molecular complexity index is 705. The second kappa shape index (κ2) is 5.82. The number of benzene rings is 1. The van der Waals surface area contributed by atoms with Gasteiger partial charge in [0, 0.05) is 23.4 Å². The van der Waals surface area contributed by atoms with E-state index in [2.05, 4.69) is 15.1 Å². The van der Waals surface area contributed by atoms with Crippen molar-refractivity contribution in [3.63, 3.8) is 0 Å². The predicted molar refractivity (Wildman–Crippen MR) is 74.2 cm³/mol. The maximum Gasteiger partial charge on any atom is 0.425 e. The minimum Gasteiger partial charge on any atom is -0.464 e. The number of carboxylic acid groups (broad SMARTS) is 1. The molecule has 0 saturated heterocycles. The van der Waals surface area contributed by atoms with Gasteiger partial charge in [0.25, 0.3) is 5.69 Å². The first-order valence-corrected chi connectivity index (χ1v) is 5.81. The van der Waals surface area contributed by atoms with E-state index in [1.807, 2.05) is 5.43 Å². The van der Waals surface area contributed by atoms with Crippen molar-refractivity contribution in [1.82, 2.24) is 15.4 Å². The molecule has 0 saturated carbocycles. The molecular formula is C12H11N5O4. The van der Waals surface area contributed by atoms with Crippen molar-refractivity contribution in [2.75, 3.05) is 0 Å². The number of rotatable bonds is 4. The van der Waals surface area contributed by atoms with Crippen LogP contribution >= 0.6 is 0 Å². The zero-order valence-corrected chi connectivity index (χ0v) is 10.9. The lowest BCUT2D eigenvalue weighted by atomic mass is 10.2. The van der Waals surface area contributed by atoms with Gasteiger partial charge >= 0.3 is 6.09 Å². The summed E-state index contributed by atoms with van der Waals surface area (Å²) in [6, 6.07) is 5.92. The first-order valence-electron chi connectivity index (χ1n) is 5.81. The van der Waals surface area contributed by atoms with Gasteiger partial charge in [-0.3, -0.25) is 10.1 Å². The van der Waals surface area contributed by atoms with Crippen molar-refractivity contribution in [2.45, 2.75) is 6.92 Å². The Labute approximate surface area is 118 Å². The Hall–Kier alpha value is -3.23. The van der Waals surface area contributed by atoms with Gasteiger partial charge in [0.1, 0.15) is 11.5 Å². The molecule has 0 bridgehead atoms. The number of carbonyl (C=O) groups is 1. The number of nitro benzene ring substituents is 1. The highest BCUT2D eigenvalue weighted by atomic mass is 16.6. The molecule has 21 heavy (non-hydrogen) atoms. The van der Waals surface area contributed by atoms with Crippen molar-refractivity contribution in [3.8, 4) is 11.4 Å². The number of hydrazone groups is 1. The predicted octanol–water partition coefficient (Wildman–Crippen LogP) is 1.89. The zero-order valence-electron chi connectivity index (χ0n) is 10.9. The van der Waals surface area contributed by atoms with Crippen molar-refractivity contribution >= 4 is 18.0 Å². The molecule has 1 amide bonds. The average molecular weight is 289 g/mol. The third kappa shape index (κ3) is 3.41. The number of nitrogens with zero attached hydrogens (tertiary/aromatic N) is 3. The van der Waals surface area contributed by atoms with E-state index in [0.29, 0.717) is 22.8 Å². The monoisotopic (exact) mass is 289 g/mol. The molecule has 0 aliphatic rings. The number of non-ortho nitro benzene ring substituents is 1. The molecule has 3 N–H and O–H groups in total. The molecule has 0 unspecified atom stereocenters. The molecule has 0 atom stereocenters. The summed E-state index contributed by atoms with van der Waals surface area (Å²) in [5, 5.41) is 22.5. The minimum absolute atomic E-state index is 0.00512. The van der Waals surface area contributed by atoms with Crippen LogP contribution in [0.5, 0.6) is 0 Å². The normalized spacial score (nSPS) is 10.7. The molecule has 2 rings (SSSR count). The lowest BCUT2D eigenvalue weighted by Gasteiger charge is -1.95. The number of nitro groups is 1. The molecular weight excluding hydrogens is 278 g/mol. The maximum atomic E-state index is 10.6. The number of hydrogen-bond donors (Lipinski definition) is 3. The number of aromatic amines is 1. The molecule has 0 fully saturated rings. The van der Waals surface area contributed by atoms with Crippen LogP contribution in [0.15, 0.2) is 29.4 Å². The van der Waals surface area contributed by atoms with Crippen molar-refractivity contribution < 1.29 is 14.8 Å². The van der Waals surface area contributed by atoms with E-state index < -0.39 is 11.0 Å². The summed E-state index contributed by atoms with van der Waals surface area (Å²) in [6.45, 7) is 1.75. The Morgan fingerprint density at radius 1 is 1.48 bits per heavy atom. The van der Waals surface area contributed by atoms with Crippen LogP contribution in [-0.4, -0.2) is 32.3 Å². The first-order chi connectivity index (χ1) is 9.97. The number of aryl methyl sites for hydroxylation is 1. The quantitative estimate of drug-likeness (QED) is 0.449. The molecule has 0 spiro atoms. The third-order valence-electron chi connectivity index (χ3n) is 2.62. The van der Waals surface area contributed by atoms with E-state index in [1.165, 1.54) is 18.3 Å². The van der Waals surface area contributed by atoms with E-state index in [-0.39, 0.29) is 5.69 Å². The van der Waals surface area contributed by atoms with Gasteiger partial charge in [-0.25, -0.2) is 15.2 Å². The number of nitrogens with one attached hydrogen (secondary N) is 2. The molecule has 1 aromatic heterocycles. The summed E-state index contributed by atoms with van der Waals surface area (Å²) in [5.74, 6) is 0.513. The molecule has 0 aliphatic heterocycles. The standard InChI is InChI=1S/C12H11N5O4/c1-7-10(6-13-16-12(18)19)15-11(14-7)8-2-4-9(5-3-8)17(20)21/h2-6,16H,1H3,(H,14,15)(H,18,19). The van der Waals surface area contributed by atoms with Gasteiger partial charge in [0.05, 0.1) is 11.1 Å². The summed E-state index contributed by atoms with van der Waals surface area (Å²) in [6.07, 6.45) is 0.00417. The van der Waals surface area contributed by atoms with Gasteiger partial charge in [-0.15, -0.1) is 0 Å². The first kappa shape index (κ1) is 14.2. The van der Waals surface area contributed by atoms with Crippen molar-refractivity contribution in [2.24, 2.45) is 5.10 Å². The van der Waals surface area contributed by atoms with E-state index in [0.717, 1.165) is 0 Å². The summed E-state index contributed by atoms with van der Waals surface area (Å²) < 4.78 is 0. The lowest BCUT2D eigenvalue weighted by molar-refractivity contribution is -0.384. The Kier molecular flexibility index (Phi) is 3.93. The van der Waals surface area contributed by atoms with Crippen LogP contribution in [0.1, 0.15) is 11.4 Å². The highest BCUT2D eigenvalue weighted by Crippen LogP contribution is 2.20. The van der Waals surface area contributed by atoms with Gasteiger partial charge in [0.2, 0.25) is 0 Å². The third-order valence-corrected chi connectivity index (χ3v) is 2.62. The number of hydrogen-bond acceptors (Lipinski definition) is 5. The average Bonchev–Trinajstić information content (AvgIpc) is 2.80. The largest absolute Gasteiger partial charge is 0.464 e. The lowest BCUT2D eigenvalue weighted by Crippen LogP contribution is -2.13. The smallest absolute Gasteiger partial charge is 0.425 e. The van der Waals surface area contributed by atoms with Crippen LogP contribution in [0.4, 0.5) is 10.5 Å². The highest BCUT2D eigenvalue weighted by molar-refractivity contribution is 5.81. The fourth-order valence-electron chi connectivity index (χ4n) is 1.63. The topological polar surface area (TPSA) is 134 Å². The van der Waals surface area contributed by atoms with Crippen LogP contribution in [0.3, 0.4) is 0 Å². The Morgan fingerprint density at radius 2 is 2.14 bits per heavy atom. The van der Waals surface area contributed by atoms with Crippen LogP contribution in [0, 0.1) is 17.0 Å². The maximum absolute atomic E-state index is 10.6. The molecule has 0 aliphatic carbocycles. The Morgan fingerprint density at radius 3 is 2.71 bits per heavy atom. The number of amides is 1. The van der Waals surface area contributed by atoms with Crippen molar-refractivity contribution in [1.29, 1.82) is 0 Å². The second-order valence-electron chi connectivity index (χ2n) is 4.07. The van der Waals surface area contributed by atoms with Gasteiger partial charge < -0.3 is 10.1 Å². The van der Waals surface area contributed by atoms with E-state index in [1.54, 1.807) is 19.1 Å². The highest BCUT2D eigenvalue weighted by Gasteiger charge is 2.09. The summed E-state index contributed by atoms with van der Waals surface area (Å²) >= 11 is 0. The SMILES string of the molecule is Cc1[nH]c(-c2ccc([N+](=O)[O-])cc2)nc1C=NNC(=O)O. The number of imidazole rings is 1. The van der Waals surface area contributed by atoms with Gasteiger partial charge in [0.15, 0.2) is 0 Å². The van der Waals surface area contributed by atoms with Crippen molar-refractivity contribution in [3.05, 3.63) is 45.8 Å². The number of aromatic nitrogens is 2. The molecule has 2 aromatic rings. The summed E-state index contributed by atoms with van der Waals surface area (Å²) in [5.41, 5.74) is 3.68. The molecule has 1 heterocycles. The molecule has 108 valence electrons. The number of H-pyrrole nitrogens is 1. The van der Waals surface area contributed by atoms with E-state index >= 15 is 0 Å². The summed E-state index contributed by atoms with van der Waals surface area (Å²) in [7, 11) is 0. The van der Waals surface area contributed by atoms with Gasteiger partial charge in [-0.05, 0) is 19.1 Å². The zero-order chi connectivity index (χ0) is 15.4. The van der Waals surface area contributed by atoms with Gasteiger partial charge in [-0.1, -0.05) is 0 Å². The van der Waals surface area contributed by atoms with E-state index in [4.69, 9.17) is 5.11 Å². The second-order valence-corrected chi connectivity index (χ2v) is 4.07. The van der Waals surface area contributed by atoms with Crippen LogP contribution < -0.4 is 5.43 Å². The molecule has 9 nitrogen and oxygen atoms in total. The summed E-state index contributed by atoms with van der Waals surface area (Å²) in [4.78, 5) is 27.6. The van der Waals surface area contributed by atoms with Crippen LogP contribution in [0.2, 0.25) is 0 Å². The fourth-order valence-corrected chi connectivity index (χ4v) is 1.63. The van der Waals surface area contributed by atoms with Crippen LogP contribution in [-0.2, 0) is 0 Å². The fraction of sp³-hybridized carbons (Fsp3) is 0.0833. The van der Waals surface area contributed by atoms with Gasteiger partial charge in [-0.2, -0.15) is 5.10 Å². The minimum atomic E-state index is -1.27. The molecule has 0 radical (unpaired) electrons. The van der Waals surface area contributed by atoms with Crippen LogP contribution in [0.25, 0.3) is 11.4 Å². The molecule has 1 aromatic carbocycles.